The molecule has 2 N–H and O–H groups in total. The highest BCUT2D eigenvalue weighted by atomic mass is 16.5. The Morgan fingerprint density at radius 2 is 1.67 bits per heavy atom. The molecule has 1 amide bonds. The first kappa shape index (κ1) is 17.5. The van der Waals surface area contributed by atoms with E-state index in [1.54, 1.807) is 12.1 Å². The maximum atomic E-state index is 12.4. The summed E-state index contributed by atoms with van der Waals surface area (Å²) in [6, 6.07) is 11.3. The highest BCUT2D eigenvalue weighted by Crippen LogP contribution is 2.25. The Balaban J connectivity index is 2.27. The molecule has 0 aliphatic heterocycles. The van der Waals surface area contributed by atoms with Crippen molar-refractivity contribution >= 4 is 17.6 Å². The summed E-state index contributed by atoms with van der Waals surface area (Å²) in [5.74, 6) is -1.01. The number of esters is 1. The molecule has 2 aromatic carbocycles. The van der Waals surface area contributed by atoms with Gasteiger partial charge >= 0.3 is 5.97 Å². The second-order valence-electron chi connectivity index (χ2n) is 6.50. The normalized spacial score (nSPS) is 11.0. The van der Waals surface area contributed by atoms with Crippen molar-refractivity contribution in [3.63, 3.8) is 0 Å². The van der Waals surface area contributed by atoms with Crippen molar-refractivity contribution in [2.24, 2.45) is 0 Å². The lowest BCUT2D eigenvalue weighted by molar-refractivity contribution is 0.0602. The standard InChI is InChI=1S/C19H21NO4/c1-19(2,3)13-7-5-12(6-8-13)17(22)20-16-11-14(21)9-10-15(16)18(23)24-4/h5-11,21H,1-4H3,(H,20,22). The third kappa shape index (κ3) is 3.93. The minimum Gasteiger partial charge on any atom is -0.508 e. The van der Waals surface area contributed by atoms with Gasteiger partial charge in [-0.1, -0.05) is 32.9 Å². The third-order valence-electron chi connectivity index (χ3n) is 3.67. The minimum absolute atomic E-state index is 0.00171. The van der Waals surface area contributed by atoms with Crippen LogP contribution in [0.25, 0.3) is 0 Å². The van der Waals surface area contributed by atoms with Crippen molar-refractivity contribution in [2.75, 3.05) is 12.4 Å². The number of aromatic hydroxyl groups is 1. The van der Waals surface area contributed by atoms with E-state index in [1.165, 1.54) is 25.3 Å². The minimum atomic E-state index is -0.589. The first-order chi connectivity index (χ1) is 11.2. The van der Waals surface area contributed by atoms with Crippen LogP contribution in [0.1, 0.15) is 47.1 Å². The number of hydrogen-bond acceptors (Lipinski definition) is 4. The molecule has 0 aliphatic carbocycles. The van der Waals surface area contributed by atoms with Crippen molar-refractivity contribution in [2.45, 2.75) is 26.2 Å². The van der Waals surface area contributed by atoms with E-state index in [2.05, 4.69) is 30.8 Å². The number of rotatable bonds is 3. The number of ether oxygens (including phenoxy) is 1. The zero-order valence-corrected chi connectivity index (χ0v) is 14.2. The number of carbonyl (C=O) groups is 2. The Hall–Kier alpha value is -2.82. The molecular weight excluding hydrogens is 306 g/mol. The van der Waals surface area contributed by atoms with Gasteiger partial charge in [-0.3, -0.25) is 4.79 Å². The summed E-state index contributed by atoms with van der Waals surface area (Å²) < 4.78 is 4.69. The summed E-state index contributed by atoms with van der Waals surface area (Å²) >= 11 is 0. The Morgan fingerprint density at radius 3 is 2.21 bits per heavy atom. The molecule has 24 heavy (non-hydrogen) atoms. The third-order valence-corrected chi connectivity index (χ3v) is 3.67. The molecule has 0 aromatic heterocycles. The Bertz CT molecular complexity index is 758. The summed E-state index contributed by atoms with van der Waals surface area (Å²) in [5, 5.41) is 12.2. The molecule has 0 fully saturated rings. The lowest BCUT2D eigenvalue weighted by Gasteiger charge is -2.19. The predicted octanol–water partition coefficient (Wildman–Crippen LogP) is 3.73. The van der Waals surface area contributed by atoms with E-state index in [-0.39, 0.29) is 28.3 Å². The van der Waals surface area contributed by atoms with E-state index in [4.69, 9.17) is 0 Å². The number of amides is 1. The van der Waals surface area contributed by atoms with Gasteiger partial charge in [0.1, 0.15) is 5.75 Å². The monoisotopic (exact) mass is 327 g/mol. The average molecular weight is 327 g/mol. The van der Waals surface area contributed by atoms with Gasteiger partial charge in [-0.2, -0.15) is 0 Å². The maximum absolute atomic E-state index is 12.4. The number of nitrogens with one attached hydrogen (secondary N) is 1. The van der Waals surface area contributed by atoms with Crippen molar-refractivity contribution in [1.82, 2.24) is 0 Å². The van der Waals surface area contributed by atoms with Crippen LogP contribution < -0.4 is 5.32 Å². The molecule has 0 heterocycles. The molecule has 0 saturated heterocycles. The number of anilines is 1. The van der Waals surface area contributed by atoms with Crippen LogP contribution >= 0.6 is 0 Å². The van der Waals surface area contributed by atoms with Gasteiger partial charge in [0.05, 0.1) is 18.4 Å². The first-order valence-corrected chi connectivity index (χ1v) is 7.55. The van der Waals surface area contributed by atoms with Crippen molar-refractivity contribution in [3.05, 3.63) is 59.2 Å². The van der Waals surface area contributed by atoms with Crippen LogP contribution in [0.15, 0.2) is 42.5 Å². The first-order valence-electron chi connectivity index (χ1n) is 7.55. The molecule has 0 spiro atoms. The number of benzene rings is 2. The molecule has 0 saturated carbocycles. The van der Waals surface area contributed by atoms with Crippen LogP contribution in [0, 0.1) is 0 Å². The fraction of sp³-hybridized carbons (Fsp3) is 0.263. The van der Waals surface area contributed by atoms with Gasteiger partial charge in [-0.25, -0.2) is 4.79 Å². The van der Waals surface area contributed by atoms with E-state index in [0.29, 0.717) is 5.56 Å². The second-order valence-corrected chi connectivity index (χ2v) is 6.50. The molecule has 5 heteroatoms. The van der Waals surface area contributed by atoms with E-state index >= 15 is 0 Å². The van der Waals surface area contributed by atoms with E-state index in [1.807, 2.05) is 12.1 Å². The van der Waals surface area contributed by atoms with E-state index in [9.17, 15) is 14.7 Å². The lowest BCUT2D eigenvalue weighted by atomic mass is 9.86. The number of phenolic OH excluding ortho intramolecular Hbond substituents is 1. The van der Waals surface area contributed by atoms with Gasteiger partial charge in [0, 0.05) is 11.6 Å². The van der Waals surface area contributed by atoms with Crippen LogP contribution in [-0.4, -0.2) is 24.1 Å². The smallest absolute Gasteiger partial charge is 0.339 e. The van der Waals surface area contributed by atoms with E-state index < -0.39 is 5.97 Å². The zero-order chi connectivity index (χ0) is 17.9. The van der Waals surface area contributed by atoms with Gasteiger partial charge in [0.25, 0.3) is 5.91 Å². The average Bonchev–Trinajstić information content (AvgIpc) is 2.53. The predicted molar refractivity (Wildman–Crippen MR) is 92.5 cm³/mol. The molecule has 0 unspecified atom stereocenters. The summed E-state index contributed by atoms with van der Waals surface area (Å²) in [6.45, 7) is 6.28. The Kier molecular flexibility index (Phi) is 4.93. The molecule has 2 rings (SSSR count). The van der Waals surface area contributed by atoms with E-state index in [0.717, 1.165) is 5.56 Å². The molecule has 0 atom stereocenters. The van der Waals surface area contributed by atoms with Crippen molar-refractivity contribution in [3.8, 4) is 5.75 Å². The lowest BCUT2D eigenvalue weighted by Crippen LogP contribution is -2.16. The summed E-state index contributed by atoms with van der Waals surface area (Å²) in [4.78, 5) is 24.2. The van der Waals surface area contributed by atoms with Gasteiger partial charge in [0.15, 0.2) is 0 Å². The maximum Gasteiger partial charge on any atom is 0.339 e. The summed E-state index contributed by atoms with van der Waals surface area (Å²) in [5.41, 5.74) is 1.95. The Morgan fingerprint density at radius 1 is 1.04 bits per heavy atom. The van der Waals surface area contributed by atoms with Gasteiger partial charge < -0.3 is 15.2 Å². The molecular formula is C19H21NO4. The summed E-state index contributed by atoms with van der Waals surface area (Å²) in [7, 11) is 1.26. The van der Waals surface area contributed by atoms with Crippen LogP contribution in [-0.2, 0) is 10.2 Å². The molecule has 5 nitrogen and oxygen atoms in total. The van der Waals surface area contributed by atoms with Crippen molar-refractivity contribution in [1.29, 1.82) is 0 Å². The number of methoxy groups -OCH3 is 1. The van der Waals surface area contributed by atoms with Crippen LogP contribution in [0.5, 0.6) is 5.75 Å². The number of carbonyl (C=O) groups excluding carboxylic acids is 2. The number of hydrogen-bond donors (Lipinski definition) is 2. The zero-order valence-electron chi connectivity index (χ0n) is 14.2. The fourth-order valence-electron chi connectivity index (χ4n) is 2.24. The largest absolute Gasteiger partial charge is 0.508 e. The number of phenols is 1. The topological polar surface area (TPSA) is 75.6 Å². The highest BCUT2D eigenvalue weighted by Gasteiger charge is 2.17. The molecule has 0 radical (unpaired) electrons. The highest BCUT2D eigenvalue weighted by molar-refractivity contribution is 6.08. The van der Waals surface area contributed by atoms with Crippen molar-refractivity contribution < 1.29 is 19.4 Å². The molecule has 126 valence electrons. The summed E-state index contributed by atoms with van der Waals surface area (Å²) in [6.07, 6.45) is 0. The molecule has 2 aromatic rings. The quantitative estimate of drug-likeness (QED) is 0.842. The fourth-order valence-corrected chi connectivity index (χ4v) is 2.24. The van der Waals surface area contributed by atoms with Gasteiger partial charge in [0.2, 0.25) is 0 Å². The second kappa shape index (κ2) is 6.74. The molecule has 0 aliphatic rings. The van der Waals surface area contributed by atoms with Crippen LogP contribution in [0.2, 0.25) is 0 Å². The molecule has 0 bridgehead atoms. The van der Waals surface area contributed by atoms with Crippen LogP contribution in [0.4, 0.5) is 5.69 Å². The van der Waals surface area contributed by atoms with Gasteiger partial charge in [-0.05, 0) is 35.2 Å². The van der Waals surface area contributed by atoms with Gasteiger partial charge in [-0.15, -0.1) is 0 Å². The SMILES string of the molecule is COC(=O)c1ccc(O)cc1NC(=O)c1ccc(C(C)(C)C)cc1. The van der Waals surface area contributed by atoms with Crippen LogP contribution in [0.3, 0.4) is 0 Å². The Labute approximate surface area is 141 Å².